The zero-order valence-corrected chi connectivity index (χ0v) is 12.6. The van der Waals surface area contributed by atoms with Crippen molar-refractivity contribution in [2.45, 2.75) is 69.4 Å². The minimum atomic E-state index is -0.761. The van der Waals surface area contributed by atoms with Gasteiger partial charge in [0.15, 0.2) is 0 Å². The topological polar surface area (TPSA) is 49.3 Å². The largest absolute Gasteiger partial charge is 0.480 e. The third-order valence-electron chi connectivity index (χ3n) is 5.18. The van der Waals surface area contributed by atoms with Gasteiger partial charge in [-0.25, -0.2) is 0 Å². The van der Waals surface area contributed by atoms with Gasteiger partial charge < -0.3 is 5.11 Å². The van der Waals surface area contributed by atoms with Gasteiger partial charge in [0.05, 0.1) is 0 Å². The van der Waals surface area contributed by atoms with Gasteiger partial charge in [0, 0.05) is 12.5 Å². The molecule has 0 amide bonds. The second kappa shape index (κ2) is 6.18. The minimum absolute atomic E-state index is 0.369. The van der Waals surface area contributed by atoms with Gasteiger partial charge in [-0.1, -0.05) is 49.9 Å². The third kappa shape index (κ3) is 3.13. The molecule has 0 aliphatic heterocycles. The highest BCUT2D eigenvalue weighted by Gasteiger charge is 2.42. The number of rotatable bonds is 3. The number of fused-ring (bicyclic) bond motifs is 1. The summed E-state index contributed by atoms with van der Waals surface area (Å²) in [6.45, 7) is 0. The molecule has 0 spiro atoms. The molecule has 1 fully saturated rings. The van der Waals surface area contributed by atoms with Crippen LogP contribution < -0.4 is 5.32 Å². The highest BCUT2D eigenvalue weighted by atomic mass is 16.4. The van der Waals surface area contributed by atoms with E-state index in [1.165, 1.54) is 36.8 Å². The monoisotopic (exact) mass is 287 g/mol. The van der Waals surface area contributed by atoms with Crippen LogP contribution in [0.1, 0.15) is 56.1 Å². The number of hydrogen-bond acceptors (Lipinski definition) is 2. The van der Waals surface area contributed by atoms with Crippen LogP contribution in [0, 0.1) is 0 Å². The number of carboxylic acids is 1. The predicted molar refractivity (Wildman–Crippen MR) is 83.5 cm³/mol. The Bertz CT molecular complexity index is 506. The molecule has 0 heterocycles. The van der Waals surface area contributed by atoms with E-state index < -0.39 is 11.5 Å². The lowest BCUT2D eigenvalue weighted by Crippen LogP contribution is -2.59. The molecule has 3 rings (SSSR count). The Balaban J connectivity index is 1.79. The highest BCUT2D eigenvalue weighted by Crippen LogP contribution is 2.31. The fourth-order valence-electron chi connectivity index (χ4n) is 3.92. The summed E-state index contributed by atoms with van der Waals surface area (Å²) in [5, 5.41) is 13.4. The van der Waals surface area contributed by atoms with Crippen molar-refractivity contribution in [3.05, 3.63) is 35.4 Å². The zero-order chi connectivity index (χ0) is 14.7. The molecule has 2 aliphatic carbocycles. The summed E-state index contributed by atoms with van der Waals surface area (Å²) in [5.41, 5.74) is 1.76. The predicted octanol–water partition coefficient (Wildman–Crippen LogP) is 3.31. The van der Waals surface area contributed by atoms with E-state index in [4.69, 9.17) is 0 Å². The van der Waals surface area contributed by atoms with Crippen molar-refractivity contribution >= 4 is 5.97 Å². The van der Waals surface area contributed by atoms with E-state index in [9.17, 15) is 9.90 Å². The van der Waals surface area contributed by atoms with E-state index in [1.807, 2.05) is 12.1 Å². The Morgan fingerprint density at radius 3 is 2.43 bits per heavy atom. The quantitative estimate of drug-likeness (QED) is 0.839. The minimum Gasteiger partial charge on any atom is -0.480 e. The van der Waals surface area contributed by atoms with E-state index in [0.717, 1.165) is 19.3 Å². The maximum absolute atomic E-state index is 12.0. The number of carboxylic acid groups (broad SMARTS) is 1. The average Bonchev–Trinajstić information content (AvgIpc) is 2.75. The molecule has 1 aromatic carbocycles. The van der Waals surface area contributed by atoms with E-state index in [0.29, 0.717) is 18.9 Å². The summed E-state index contributed by atoms with van der Waals surface area (Å²) < 4.78 is 0. The lowest BCUT2D eigenvalue weighted by Gasteiger charge is -2.38. The fourth-order valence-corrected chi connectivity index (χ4v) is 3.92. The Kier molecular flexibility index (Phi) is 4.29. The van der Waals surface area contributed by atoms with E-state index in [1.54, 1.807) is 0 Å². The van der Waals surface area contributed by atoms with Crippen LogP contribution in [0.2, 0.25) is 0 Å². The second-order valence-corrected chi connectivity index (χ2v) is 6.67. The molecular weight excluding hydrogens is 262 g/mol. The van der Waals surface area contributed by atoms with Crippen molar-refractivity contribution < 1.29 is 9.90 Å². The molecule has 2 N–H and O–H groups in total. The van der Waals surface area contributed by atoms with Crippen LogP contribution in [-0.2, 0) is 17.6 Å². The fraction of sp³-hybridized carbons (Fsp3) is 0.611. The number of carbonyl (C=O) groups is 1. The molecule has 0 saturated heterocycles. The van der Waals surface area contributed by atoms with Gasteiger partial charge in [0.1, 0.15) is 5.54 Å². The first-order chi connectivity index (χ1) is 10.2. The van der Waals surface area contributed by atoms with Crippen LogP contribution in [0.5, 0.6) is 0 Å². The Morgan fingerprint density at radius 1 is 1.10 bits per heavy atom. The van der Waals surface area contributed by atoms with Gasteiger partial charge in [-0.05, 0) is 36.8 Å². The van der Waals surface area contributed by atoms with Crippen LogP contribution in [0.15, 0.2) is 24.3 Å². The van der Waals surface area contributed by atoms with Gasteiger partial charge in [0.2, 0.25) is 0 Å². The summed E-state index contributed by atoms with van der Waals surface area (Å²) in [6.07, 6.45) is 9.47. The summed E-state index contributed by atoms with van der Waals surface area (Å²) >= 11 is 0. The molecule has 21 heavy (non-hydrogen) atoms. The van der Waals surface area contributed by atoms with Crippen molar-refractivity contribution in [3.63, 3.8) is 0 Å². The van der Waals surface area contributed by atoms with Crippen LogP contribution in [0.3, 0.4) is 0 Å². The molecule has 3 nitrogen and oxygen atoms in total. The molecule has 1 unspecified atom stereocenters. The van der Waals surface area contributed by atoms with Gasteiger partial charge in [-0.3, -0.25) is 10.1 Å². The van der Waals surface area contributed by atoms with Crippen LogP contribution in [0.4, 0.5) is 0 Å². The smallest absolute Gasteiger partial charge is 0.324 e. The molecule has 0 radical (unpaired) electrons. The number of aliphatic carboxylic acids is 1. The Morgan fingerprint density at radius 2 is 1.76 bits per heavy atom. The molecule has 114 valence electrons. The van der Waals surface area contributed by atoms with E-state index in [2.05, 4.69) is 17.4 Å². The highest BCUT2D eigenvalue weighted by molar-refractivity contribution is 5.80. The summed E-state index contributed by atoms with van der Waals surface area (Å²) in [4.78, 5) is 12.0. The molecule has 1 aromatic rings. The average molecular weight is 287 g/mol. The molecule has 1 atom stereocenters. The summed E-state index contributed by atoms with van der Waals surface area (Å²) in [7, 11) is 0. The van der Waals surface area contributed by atoms with Gasteiger partial charge in [0.25, 0.3) is 0 Å². The molecule has 3 heteroatoms. The number of benzene rings is 1. The maximum Gasteiger partial charge on any atom is 0.324 e. The van der Waals surface area contributed by atoms with Gasteiger partial charge in [-0.15, -0.1) is 0 Å². The first kappa shape index (κ1) is 14.6. The number of aryl methyl sites for hydroxylation is 1. The number of nitrogens with one attached hydrogen (secondary N) is 1. The van der Waals surface area contributed by atoms with Crippen molar-refractivity contribution in [3.8, 4) is 0 Å². The SMILES string of the molecule is O=C(O)C1(NC2CCCCCC2)CCc2ccccc2C1. The van der Waals surface area contributed by atoms with Crippen molar-refractivity contribution in [2.24, 2.45) is 0 Å². The first-order valence-corrected chi connectivity index (χ1v) is 8.27. The third-order valence-corrected chi connectivity index (χ3v) is 5.18. The van der Waals surface area contributed by atoms with Crippen LogP contribution in [0.25, 0.3) is 0 Å². The molecule has 2 aliphatic rings. The van der Waals surface area contributed by atoms with Gasteiger partial charge in [-0.2, -0.15) is 0 Å². The lowest BCUT2D eigenvalue weighted by molar-refractivity contribution is -0.146. The summed E-state index contributed by atoms with van der Waals surface area (Å²) in [6, 6.07) is 8.65. The van der Waals surface area contributed by atoms with Crippen molar-refractivity contribution in [1.29, 1.82) is 0 Å². The maximum atomic E-state index is 12.0. The molecule has 0 aromatic heterocycles. The van der Waals surface area contributed by atoms with E-state index in [-0.39, 0.29) is 0 Å². The van der Waals surface area contributed by atoms with Crippen molar-refractivity contribution in [1.82, 2.24) is 5.32 Å². The molecule has 1 saturated carbocycles. The van der Waals surface area contributed by atoms with Crippen LogP contribution in [-0.4, -0.2) is 22.7 Å². The first-order valence-electron chi connectivity index (χ1n) is 8.27. The number of hydrogen-bond donors (Lipinski definition) is 2. The zero-order valence-electron chi connectivity index (χ0n) is 12.6. The Hall–Kier alpha value is -1.35. The van der Waals surface area contributed by atoms with E-state index >= 15 is 0 Å². The molecule has 0 bridgehead atoms. The van der Waals surface area contributed by atoms with Crippen LogP contribution >= 0.6 is 0 Å². The Labute approximate surface area is 126 Å². The second-order valence-electron chi connectivity index (χ2n) is 6.67. The summed E-state index contributed by atoms with van der Waals surface area (Å²) in [5.74, 6) is -0.679. The van der Waals surface area contributed by atoms with Gasteiger partial charge >= 0.3 is 5.97 Å². The standard InChI is InChI=1S/C18H25NO2/c20-17(21)18(19-16-9-3-1-2-4-10-16)12-11-14-7-5-6-8-15(14)13-18/h5-8,16,19H,1-4,9-13H2,(H,20,21). The molecular formula is C18H25NO2. The lowest BCUT2D eigenvalue weighted by atomic mass is 9.77. The normalized spacial score (nSPS) is 26.9. The van der Waals surface area contributed by atoms with Crippen molar-refractivity contribution in [2.75, 3.05) is 0 Å².